The van der Waals surface area contributed by atoms with Gasteiger partial charge in [0, 0.05) is 17.8 Å². The third-order valence-electron chi connectivity index (χ3n) is 3.25. The van der Waals surface area contributed by atoms with E-state index >= 15 is 0 Å². The summed E-state index contributed by atoms with van der Waals surface area (Å²) in [7, 11) is 0. The van der Waals surface area contributed by atoms with Crippen LogP contribution >= 0.6 is 11.6 Å². The van der Waals surface area contributed by atoms with Gasteiger partial charge in [-0.3, -0.25) is 4.68 Å². The molecular weight excluding hydrogens is 340 g/mol. The molecule has 7 heteroatoms. The number of nitrogens with one attached hydrogen (secondary N) is 1. The minimum atomic E-state index is -0.530. The van der Waals surface area contributed by atoms with E-state index in [4.69, 9.17) is 21.6 Å². The Bertz CT molecular complexity index is 802. The van der Waals surface area contributed by atoms with Crippen LogP contribution in [0.3, 0.4) is 0 Å². The topological polar surface area (TPSA) is 79.9 Å². The molecule has 1 aromatic carbocycles. The highest BCUT2D eigenvalue weighted by Gasteiger charge is 2.18. The van der Waals surface area contributed by atoms with Crippen molar-refractivity contribution in [1.29, 1.82) is 5.26 Å². The maximum atomic E-state index is 11.8. The van der Waals surface area contributed by atoms with Crippen LogP contribution in [-0.4, -0.2) is 27.5 Å². The molecule has 0 saturated heterocycles. The van der Waals surface area contributed by atoms with Crippen molar-refractivity contribution in [3.8, 4) is 17.3 Å². The predicted octanol–water partition coefficient (Wildman–Crippen LogP) is 3.99. The Kier molecular flexibility index (Phi) is 5.70. The van der Waals surface area contributed by atoms with Gasteiger partial charge in [-0.2, -0.15) is 10.4 Å². The number of amides is 1. The fourth-order valence-electron chi connectivity index (χ4n) is 2.22. The SMILES string of the molecule is C[C@@H](Cn1ccc(-c2ccc(C#N)c(Cl)c2)n1)NC(=O)OC(C)(C)C. The molecule has 25 heavy (non-hydrogen) atoms. The summed E-state index contributed by atoms with van der Waals surface area (Å²) in [6, 6.07) is 8.94. The number of nitrogens with zero attached hydrogens (tertiary/aromatic N) is 3. The summed E-state index contributed by atoms with van der Waals surface area (Å²) >= 11 is 6.06. The van der Waals surface area contributed by atoms with E-state index in [0.29, 0.717) is 17.1 Å². The lowest BCUT2D eigenvalue weighted by Crippen LogP contribution is -2.39. The number of aromatic nitrogens is 2. The van der Waals surface area contributed by atoms with Gasteiger partial charge in [0.15, 0.2) is 0 Å². The van der Waals surface area contributed by atoms with E-state index in [9.17, 15) is 4.79 Å². The Morgan fingerprint density at radius 3 is 2.76 bits per heavy atom. The van der Waals surface area contributed by atoms with E-state index in [2.05, 4.69) is 10.4 Å². The van der Waals surface area contributed by atoms with Crippen molar-refractivity contribution >= 4 is 17.7 Å². The lowest BCUT2D eigenvalue weighted by atomic mass is 10.1. The third kappa shape index (κ3) is 5.50. The van der Waals surface area contributed by atoms with Crippen molar-refractivity contribution in [1.82, 2.24) is 15.1 Å². The molecule has 0 aliphatic rings. The number of hydrogen-bond acceptors (Lipinski definition) is 4. The molecule has 0 spiro atoms. The minimum Gasteiger partial charge on any atom is -0.444 e. The van der Waals surface area contributed by atoms with E-state index in [1.807, 2.05) is 46.0 Å². The lowest BCUT2D eigenvalue weighted by Gasteiger charge is -2.21. The first kappa shape index (κ1) is 18.8. The van der Waals surface area contributed by atoms with Crippen LogP contribution in [0.25, 0.3) is 11.3 Å². The van der Waals surface area contributed by atoms with Crippen molar-refractivity contribution in [3.63, 3.8) is 0 Å². The number of alkyl carbamates (subject to hydrolysis) is 1. The second-order valence-electron chi connectivity index (χ2n) is 6.78. The molecule has 0 saturated carbocycles. The van der Waals surface area contributed by atoms with Crippen LogP contribution in [0.4, 0.5) is 4.79 Å². The molecule has 1 N–H and O–H groups in total. The maximum absolute atomic E-state index is 11.8. The maximum Gasteiger partial charge on any atom is 0.407 e. The third-order valence-corrected chi connectivity index (χ3v) is 3.56. The van der Waals surface area contributed by atoms with Gasteiger partial charge >= 0.3 is 6.09 Å². The second-order valence-corrected chi connectivity index (χ2v) is 7.18. The van der Waals surface area contributed by atoms with Crippen molar-refractivity contribution in [3.05, 3.63) is 41.0 Å². The Balaban J connectivity index is 2.00. The molecule has 1 atom stereocenters. The summed E-state index contributed by atoms with van der Waals surface area (Å²) in [5, 5.41) is 16.6. The average molecular weight is 361 g/mol. The van der Waals surface area contributed by atoms with E-state index in [1.165, 1.54) is 0 Å². The van der Waals surface area contributed by atoms with E-state index in [-0.39, 0.29) is 6.04 Å². The van der Waals surface area contributed by atoms with E-state index in [0.717, 1.165) is 11.3 Å². The Morgan fingerprint density at radius 1 is 1.44 bits per heavy atom. The smallest absolute Gasteiger partial charge is 0.407 e. The van der Waals surface area contributed by atoms with Crippen LogP contribution in [0.15, 0.2) is 30.5 Å². The van der Waals surface area contributed by atoms with Crippen LogP contribution in [0.1, 0.15) is 33.3 Å². The molecule has 0 bridgehead atoms. The quantitative estimate of drug-likeness (QED) is 0.893. The van der Waals surface area contributed by atoms with Gasteiger partial charge in [-0.25, -0.2) is 4.79 Å². The first-order chi connectivity index (χ1) is 11.7. The van der Waals surface area contributed by atoms with Gasteiger partial charge in [0.25, 0.3) is 0 Å². The molecule has 0 unspecified atom stereocenters. The number of ether oxygens (including phenoxy) is 1. The summed E-state index contributed by atoms with van der Waals surface area (Å²) in [5.74, 6) is 0. The zero-order valence-electron chi connectivity index (χ0n) is 14.7. The molecule has 1 heterocycles. The normalized spacial score (nSPS) is 12.3. The summed E-state index contributed by atoms with van der Waals surface area (Å²) < 4.78 is 6.97. The van der Waals surface area contributed by atoms with Gasteiger partial charge in [-0.15, -0.1) is 0 Å². The molecule has 6 nitrogen and oxygen atoms in total. The van der Waals surface area contributed by atoms with Crippen LogP contribution in [0, 0.1) is 11.3 Å². The number of nitriles is 1. The molecule has 0 aliphatic carbocycles. The molecule has 0 aliphatic heterocycles. The highest BCUT2D eigenvalue weighted by molar-refractivity contribution is 6.32. The van der Waals surface area contributed by atoms with Crippen LogP contribution < -0.4 is 5.32 Å². The van der Waals surface area contributed by atoms with Crippen molar-refractivity contribution in [2.45, 2.75) is 45.9 Å². The summed E-state index contributed by atoms with van der Waals surface area (Å²) in [4.78, 5) is 11.8. The van der Waals surface area contributed by atoms with E-state index in [1.54, 1.807) is 22.9 Å². The standard InChI is InChI=1S/C18H21ClN4O2/c1-12(21-17(24)25-18(2,3)4)11-23-8-7-16(22-23)13-5-6-14(10-20)15(19)9-13/h5-9,12H,11H2,1-4H3,(H,21,24)/t12-/m0/s1. The van der Waals surface area contributed by atoms with Gasteiger partial charge in [-0.05, 0) is 45.9 Å². The van der Waals surface area contributed by atoms with E-state index < -0.39 is 11.7 Å². The minimum absolute atomic E-state index is 0.146. The lowest BCUT2D eigenvalue weighted by molar-refractivity contribution is 0.0503. The fraction of sp³-hybridized carbons (Fsp3) is 0.389. The highest BCUT2D eigenvalue weighted by Crippen LogP contribution is 2.24. The molecule has 2 aromatic rings. The second kappa shape index (κ2) is 7.58. The molecule has 1 amide bonds. The van der Waals surface area contributed by atoms with Crippen LogP contribution in [0.2, 0.25) is 5.02 Å². The number of halogens is 1. The monoisotopic (exact) mass is 360 g/mol. The number of benzene rings is 1. The van der Waals surface area contributed by atoms with Gasteiger partial charge in [0.2, 0.25) is 0 Å². The van der Waals surface area contributed by atoms with Crippen LogP contribution in [0.5, 0.6) is 0 Å². The zero-order chi connectivity index (χ0) is 18.6. The molecule has 132 valence electrons. The number of carbonyl (C=O) groups is 1. The number of hydrogen-bond donors (Lipinski definition) is 1. The largest absolute Gasteiger partial charge is 0.444 e. The Labute approximate surface area is 152 Å². The summed E-state index contributed by atoms with van der Waals surface area (Å²) in [6.07, 6.45) is 1.38. The molecule has 1 aromatic heterocycles. The van der Waals surface area contributed by atoms with Gasteiger partial charge in [0.1, 0.15) is 11.7 Å². The van der Waals surface area contributed by atoms with Gasteiger partial charge < -0.3 is 10.1 Å². The zero-order valence-corrected chi connectivity index (χ0v) is 15.5. The fourth-order valence-corrected chi connectivity index (χ4v) is 2.44. The summed E-state index contributed by atoms with van der Waals surface area (Å²) in [6.45, 7) is 7.84. The van der Waals surface area contributed by atoms with Crippen molar-refractivity contribution < 1.29 is 9.53 Å². The highest BCUT2D eigenvalue weighted by atomic mass is 35.5. The summed E-state index contributed by atoms with van der Waals surface area (Å²) in [5.41, 5.74) is 1.48. The van der Waals surface area contributed by atoms with Gasteiger partial charge in [0.05, 0.1) is 22.8 Å². The first-order valence-electron chi connectivity index (χ1n) is 7.91. The average Bonchev–Trinajstić information content (AvgIpc) is 2.93. The van der Waals surface area contributed by atoms with Gasteiger partial charge in [-0.1, -0.05) is 17.7 Å². The molecule has 0 fully saturated rings. The Hall–Kier alpha value is -2.52. The number of rotatable bonds is 4. The predicted molar refractivity (Wildman–Crippen MR) is 96.2 cm³/mol. The van der Waals surface area contributed by atoms with Crippen molar-refractivity contribution in [2.24, 2.45) is 0 Å². The Morgan fingerprint density at radius 2 is 2.16 bits per heavy atom. The van der Waals surface area contributed by atoms with Crippen molar-refractivity contribution in [2.75, 3.05) is 0 Å². The molecule has 2 rings (SSSR count). The first-order valence-corrected chi connectivity index (χ1v) is 8.29. The number of carbonyl (C=O) groups excluding carboxylic acids is 1. The van der Waals surface area contributed by atoms with Crippen LogP contribution in [-0.2, 0) is 11.3 Å². The molecule has 0 radical (unpaired) electrons. The molecular formula is C18H21ClN4O2.